The fraction of sp³-hybridized carbons (Fsp3) is 0.364. The van der Waals surface area contributed by atoms with Crippen molar-refractivity contribution < 1.29 is 4.89 Å². The summed E-state index contributed by atoms with van der Waals surface area (Å²) in [5.41, 5.74) is 2.21. The Kier molecular flexibility index (Phi) is 3.35. The first-order valence-electron chi connectivity index (χ1n) is 5.02. The zero-order chi connectivity index (χ0) is 10.8. The van der Waals surface area contributed by atoms with Crippen molar-refractivity contribution in [1.82, 2.24) is 5.32 Å². The van der Waals surface area contributed by atoms with Crippen molar-refractivity contribution in [3.63, 3.8) is 0 Å². The van der Waals surface area contributed by atoms with E-state index in [1.165, 1.54) is 12.8 Å². The molecule has 1 atom stereocenters. The van der Waals surface area contributed by atoms with Gasteiger partial charge >= 0.3 is 0 Å². The summed E-state index contributed by atoms with van der Waals surface area (Å²) in [6.45, 7) is 2.03. The van der Waals surface area contributed by atoms with E-state index in [1.54, 1.807) is 0 Å². The number of hydrogen-bond acceptors (Lipinski definition) is 2. The van der Waals surface area contributed by atoms with E-state index in [2.05, 4.69) is 5.32 Å². The summed E-state index contributed by atoms with van der Waals surface area (Å²) in [5.74, 6) is 0. The van der Waals surface area contributed by atoms with E-state index < -0.39 is 0 Å². The number of hydrogen-bond donors (Lipinski definition) is 2. The van der Waals surface area contributed by atoms with Crippen LogP contribution in [0.1, 0.15) is 24.0 Å². The molecule has 2 rings (SSSR count). The first-order valence-corrected chi connectivity index (χ1v) is 6.38. The fourth-order valence-electron chi connectivity index (χ4n) is 1.48. The fourth-order valence-corrected chi connectivity index (χ4v) is 2.31. The highest BCUT2D eigenvalue weighted by atomic mass is 32.1. The molecule has 0 saturated heterocycles. The Morgan fingerprint density at radius 3 is 2.80 bits per heavy atom. The molecule has 2 nitrogen and oxygen atoms in total. The first-order chi connectivity index (χ1) is 7.20. The van der Waals surface area contributed by atoms with Crippen molar-refractivity contribution in [2.24, 2.45) is 0 Å². The lowest BCUT2D eigenvalue weighted by Gasteiger charge is -2.10. The van der Waals surface area contributed by atoms with Crippen LogP contribution in [0.2, 0.25) is 0 Å². The predicted molar refractivity (Wildman–Crippen MR) is 69.2 cm³/mol. The molecule has 2 N–H and O–H groups in total. The largest absolute Gasteiger partial charge is 0.373 e. The third-order valence-corrected chi connectivity index (χ3v) is 3.42. The molecule has 4 heteroatoms. The molecule has 0 heterocycles. The minimum absolute atomic E-state index is 0.139. The molecule has 0 bridgehead atoms. The van der Waals surface area contributed by atoms with Crippen LogP contribution in [0.4, 0.5) is 0 Å². The Bertz CT molecular complexity index is 390. The van der Waals surface area contributed by atoms with Crippen LogP contribution in [0.15, 0.2) is 18.2 Å². The van der Waals surface area contributed by atoms with E-state index in [0.29, 0.717) is 6.04 Å². The maximum Gasteiger partial charge on any atom is 0.107 e. The summed E-state index contributed by atoms with van der Waals surface area (Å²) in [6.07, 6.45) is 2.46. The normalized spacial score (nSPS) is 15.9. The standard InChI is InChI=1S/C11H14NOPS/c1-7-6-9(14-13)4-5-10(7)11(15)12-8-2-3-8/h4-6,8,13-14H,2-3H2,1H3,(H,12,15). The molecule has 1 aromatic rings. The van der Waals surface area contributed by atoms with Crippen LogP contribution >= 0.6 is 21.0 Å². The van der Waals surface area contributed by atoms with Gasteiger partial charge in [-0.15, -0.1) is 0 Å². The molecule has 0 radical (unpaired) electrons. The Balaban J connectivity index is 2.15. The number of aryl methyl sites for hydroxylation is 1. The van der Waals surface area contributed by atoms with Gasteiger partial charge in [-0.2, -0.15) is 0 Å². The summed E-state index contributed by atoms with van der Waals surface area (Å²) in [4.78, 5) is 9.86. The first kappa shape index (κ1) is 11.0. The lowest BCUT2D eigenvalue weighted by molar-refractivity contribution is 0.655. The van der Waals surface area contributed by atoms with Crippen molar-refractivity contribution in [2.75, 3.05) is 0 Å². The average molecular weight is 239 g/mol. The van der Waals surface area contributed by atoms with Crippen LogP contribution < -0.4 is 10.6 Å². The van der Waals surface area contributed by atoms with Gasteiger partial charge in [-0.25, -0.2) is 0 Å². The molecule has 0 amide bonds. The van der Waals surface area contributed by atoms with Crippen LogP contribution in [0.5, 0.6) is 0 Å². The summed E-state index contributed by atoms with van der Waals surface area (Å²) in [6, 6.07) is 6.51. The summed E-state index contributed by atoms with van der Waals surface area (Å²) < 4.78 is 0. The van der Waals surface area contributed by atoms with Gasteiger partial charge in [-0.05, 0) is 36.7 Å². The van der Waals surface area contributed by atoms with Gasteiger partial charge in [0.05, 0.1) is 0 Å². The van der Waals surface area contributed by atoms with Crippen LogP contribution in [-0.4, -0.2) is 15.9 Å². The topological polar surface area (TPSA) is 32.3 Å². The molecule has 0 spiro atoms. The molecule has 15 heavy (non-hydrogen) atoms. The minimum atomic E-state index is -0.139. The highest BCUT2D eigenvalue weighted by Gasteiger charge is 2.22. The van der Waals surface area contributed by atoms with Crippen LogP contribution in [0.3, 0.4) is 0 Å². The molecule has 1 saturated carbocycles. The van der Waals surface area contributed by atoms with Gasteiger partial charge < -0.3 is 10.2 Å². The van der Waals surface area contributed by atoms with E-state index in [-0.39, 0.29) is 8.81 Å². The molecular formula is C11H14NOPS. The van der Waals surface area contributed by atoms with Gasteiger partial charge in [-0.1, -0.05) is 24.4 Å². The van der Waals surface area contributed by atoms with E-state index >= 15 is 0 Å². The van der Waals surface area contributed by atoms with E-state index in [4.69, 9.17) is 17.1 Å². The molecule has 1 fully saturated rings. The second-order valence-corrected chi connectivity index (χ2v) is 5.10. The number of thiocarbonyl (C=S) groups is 1. The third kappa shape index (κ3) is 2.75. The van der Waals surface area contributed by atoms with Crippen molar-refractivity contribution in [1.29, 1.82) is 0 Å². The molecule has 1 aliphatic rings. The van der Waals surface area contributed by atoms with Crippen LogP contribution in [0.25, 0.3) is 0 Å². The number of benzene rings is 1. The number of nitrogens with one attached hydrogen (secondary N) is 1. The molecule has 1 aromatic carbocycles. The van der Waals surface area contributed by atoms with E-state index in [9.17, 15) is 0 Å². The highest BCUT2D eigenvalue weighted by molar-refractivity contribution is 7.80. The zero-order valence-corrected chi connectivity index (χ0v) is 10.4. The smallest absolute Gasteiger partial charge is 0.107 e. The van der Waals surface area contributed by atoms with Crippen molar-refractivity contribution in [3.8, 4) is 0 Å². The van der Waals surface area contributed by atoms with Gasteiger partial charge in [0.1, 0.15) is 4.99 Å². The summed E-state index contributed by atoms with van der Waals surface area (Å²) >= 11 is 5.33. The number of rotatable bonds is 3. The van der Waals surface area contributed by atoms with Crippen LogP contribution in [-0.2, 0) is 0 Å². The van der Waals surface area contributed by atoms with Crippen molar-refractivity contribution in [2.45, 2.75) is 25.8 Å². The van der Waals surface area contributed by atoms with Crippen LogP contribution in [0, 0.1) is 6.92 Å². The lowest BCUT2D eigenvalue weighted by atomic mass is 10.1. The maximum atomic E-state index is 9.03. The predicted octanol–water partition coefficient (Wildman–Crippen LogP) is 1.63. The lowest BCUT2D eigenvalue weighted by Crippen LogP contribution is -2.25. The molecule has 0 aromatic heterocycles. The second kappa shape index (κ2) is 4.56. The van der Waals surface area contributed by atoms with Gasteiger partial charge in [0.2, 0.25) is 0 Å². The molecule has 1 unspecified atom stereocenters. The van der Waals surface area contributed by atoms with E-state index in [1.807, 2.05) is 25.1 Å². The SMILES string of the molecule is Cc1cc(PO)ccc1C(=S)NC1CC1. The second-order valence-electron chi connectivity index (χ2n) is 3.89. The quantitative estimate of drug-likeness (QED) is 0.621. The molecule has 1 aliphatic carbocycles. The zero-order valence-electron chi connectivity index (χ0n) is 8.58. The third-order valence-electron chi connectivity index (χ3n) is 2.51. The Hall–Kier alpha value is -0.500. The molecular weight excluding hydrogens is 225 g/mol. The Morgan fingerprint density at radius 2 is 2.27 bits per heavy atom. The van der Waals surface area contributed by atoms with Gasteiger partial charge in [0.15, 0.2) is 0 Å². The molecule has 0 aliphatic heterocycles. The summed E-state index contributed by atoms with van der Waals surface area (Å²) in [5, 5.41) is 4.28. The Morgan fingerprint density at radius 1 is 1.53 bits per heavy atom. The highest BCUT2D eigenvalue weighted by Crippen LogP contribution is 2.20. The Labute approximate surface area is 97.0 Å². The molecule has 80 valence electrons. The minimum Gasteiger partial charge on any atom is -0.373 e. The summed E-state index contributed by atoms with van der Waals surface area (Å²) in [7, 11) is -0.139. The van der Waals surface area contributed by atoms with Gasteiger partial charge in [0, 0.05) is 20.4 Å². The monoisotopic (exact) mass is 239 g/mol. The maximum absolute atomic E-state index is 9.03. The van der Waals surface area contributed by atoms with Gasteiger partial charge in [0.25, 0.3) is 0 Å². The van der Waals surface area contributed by atoms with Gasteiger partial charge in [-0.3, -0.25) is 0 Å². The average Bonchev–Trinajstić information content (AvgIpc) is 3.01. The van der Waals surface area contributed by atoms with Crippen molar-refractivity contribution in [3.05, 3.63) is 29.3 Å². The van der Waals surface area contributed by atoms with Crippen molar-refractivity contribution >= 4 is 31.3 Å². The van der Waals surface area contributed by atoms with E-state index in [0.717, 1.165) is 21.4 Å².